The van der Waals surface area contributed by atoms with Crippen LogP contribution >= 0.6 is 0 Å². The summed E-state index contributed by atoms with van der Waals surface area (Å²) in [6.07, 6.45) is 0.474. The van der Waals surface area contributed by atoms with E-state index < -0.39 is 12.0 Å². The third-order valence-electron chi connectivity index (χ3n) is 4.67. The molecule has 3 aromatic rings. The first-order valence-corrected chi connectivity index (χ1v) is 8.93. The number of rotatable bonds is 3. The number of para-hydroxylation sites is 1. The molecule has 0 aliphatic carbocycles. The van der Waals surface area contributed by atoms with E-state index in [2.05, 4.69) is 9.88 Å². The predicted molar refractivity (Wildman–Crippen MR) is 101 cm³/mol. The average molecular weight is 354 g/mol. The van der Waals surface area contributed by atoms with E-state index in [4.69, 9.17) is 0 Å². The number of carboxylic acids is 1. The molecule has 1 aromatic heterocycles. The first-order valence-electron chi connectivity index (χ1n) is 8.93. The number of nitrogens with zero attached hydrogens (tertiary/aromatic N) is 1. The van der Waals surface area contributed by atoms with Crippen molar-refractivity contribution < 1.29 is 14.3 Å². The van der Waals surface area contributed by atoms with E-state index in [1.165, 1.54) is 12.1 Å². The molecule has 136 valence electrons. The molecule has 0 amide bonds. The first-order chi connectivity index (χ1) is 12.6. The second kappa shape index (κ2) is 7.70. The summed E-state index contributed by atoms with van der Waals surface area (Å²) < 4.78 is 15.3. The van der Waals surface area contributed by atoms with Crippen LogP contribution in [0.3, 0.4) is 0 Å². The maximum atomic E-state index is 13.1. The lowest BCUT2D eigenvalue weighted by Crippen LogP contribution is -2.42. The maximum Gasteiger partial charge on any atom is 0.321 e. The molecule has 1 aliphatic heterocycles. The summed E-state index contributed by atoms with van der Waals surface area (Å²) in [5, 5.41) is 13.5. The standard InChI is InChI=1S/C19H17FN2O2.C2H6/c20-13-7-5-12(6-8-13)11-22-17-4-2-1-3-14(17)15-9-16(19(23)24)21-10-18(15)22;1-2/h1-8,16,21H,9-11H2,(H,23,24);1-2H3. The molecule has 0 saturated heterocycles. The molecule has 0 fully saturated rings. The summed E-state index contributed by atoms with van der Waals surface area (Å²) in [5.74, 6) is -1.07. The summed E-state index contributed by atoms with van der Waals surface area (Å²) in [4.78, 5) is 11.3. The van der Waals surface area contributed by atoms with Crippen LogP contribution < -0.4 is 5.32 Å². The van der Waals surface area contributed by atoms with E-state index in [0.717, 1.165) is 27.7 Å². The Balaban J connectivity index is 0.000000948. The molecule has 0 radical (unpaired) electrons. The molecule has 1 atom stereocenters. The zero-order valence-electron chi connectivity index (χ0n) is 15.0. The highest BCUT2D eigenvalue weighted by Crippen LogP contribution is 2.30. The number of fused-ring (bicyclic) bond motifs is 3. The quantitative estimate of drug-likeness (QED) is 0.749. The van der Waals surface area contributed by atoms with Gasteiger partial charge in [0.05, 0.1) is 0 Å². The molecule has 2 N–H and O–H groups in total. The number of carbonyl (C=O) groups is 1. The highest BCUT2D eigenvalue weighted by atomic mass is 19.1. The monoisotopic (exact) mass is 354 g/mol. The Labute approximate surface area is 152 Å². The lowest BCUT2D eigenvalue weighted by molar-refractivity contribution is -0.139. The van der Waals surface area contributed by atoms with Crippen LogP contribution in [0, 0.1) is 5.82 Å². The smallest absolute Gasteiger partial charge is 0.321 e. The van der Waals surface area contributed by atoms with E-state index in [0.29, 0.717) is 19.5 Å². The number of benzene rings is 2. The summed E-state index contributed by atoms with van der Waals surface area (Å²) >= 11 is 0. The van der Waals surface area contributed by atoms with Crippen LogP contribution in [0.25, 0.3) is 10.9 Å². The van der Waals surface area contributed by atoms with Gasteiger partial charge in [-0.05, 0) is 29.3 Å². The number of aromatic nitrogens is 1. The van der Waals surface area contributed by atoms with Gasteiger partial charge >= 0.3 is 5.97 Å². The Hall–Kier alpha value is -2.66. The largest absolute Gasteiger partial charge is 0.480 e. The number of aliphatic carboxylic acids is 1. The van der Waals surface area contributed by atoms with Gasteiger partial charge in [-0.3, -0.25) is 10.1 Å². The molecule has 5 heteroatoms. The summed E-state index contributed by atoms with van der Waals surface area (Å²) in [6, 6.07) is 14.0. The van der Waals surface area contributed by atoms with Gasteiger partial charge in [0, 0.05) is 36.1 Å². The lowest BCUT2D eigenvalue weighted by Gasteiger charge is -2.22. The molecule has 1 aliphatic rings. The van der Waals surface area contributed by atoms with E-state index >= 15 is 0 Å². The Kier molecular flexibility index (Phi) is 5.38. The van der Waals surface area contributed by atoms with E-state index in [-0.39, 0.29) is 5.82 Å². The highest BCUT2D eigenvalue weighted by Gasteiger charge is 2.28. The minimum absolute atomic E-state index is 0.246. The van der Waals surface area contributed by atoms with Gasteiger partial charge in [-0.1, -0.05) is 44.2 Å². The van der Waals surface area contributed by atoms with Crippen molar-refractivity contribution in [2.45, 2.75) is 39.4 Å². The fraction of sp³-hybridized carbons (Fsp3) is 0.286. The van der Waals surface area contributed by atoms with Gasteiger partial charge in [0.2, 0.25) is 0 Å². The van der Waals surface area contributed by atoms with Crippen molar-refractivity contribution >= 4 is 16.9 Å². The van der Waals surface area contributed by atoms with Crippen LogP contribution in [0.2, 0.25) is 0 Å². The normalized spacial score (nSPS) is 15.9. The van der Waals surface area contributed by atoms with Crippen LogP contribution in [0.5, 0.6) is 0 Å². The molecule has 0 bridgehead atoms. The summed E-state index contributed by atoms with van der Waals surface area (Å²) in [5.41, 5.74) is 4.30. The minimum Gasteiger partial charge on any atom is -0.480 e. The summed E-state index contributed by atoms with van der Waals surface area (Å²) in [7, 11) is 0. The zero-order chi connectivity index (χ0) is 18.7. The molecule has 26 heavy (non-hydrogen) atoms. The van der Waals surface area contributed by atoms with Crippen molar-refractivity contribution in [1.82, 2.24) is 9.88 Å². The van der Waals surface area contributed by atoms with Crippen molar-refractivity contribution in [3.05, 3.63) is 71.2 Å². The maximum absolute atomic E-state index is 13.1. The number of halogens is 1. The molecule has 2 heterocycles. The Morgan fingerprint density at radius 1 is 1.19 bits per heavy atom. The van der Waals surface area contributed by atoms with Crippen molar-refractivity contribution in [3.8, 4) is 0 Å². The van der Waals surface area contributed by atoms with E-state index in [1.807, 2.05) is 38.1 Å². The molecule has 0 saturated carbocycles. The second-order valence-corrected chi connectivity index (χ2v) is 6.13. The van der Waals surface area contributed by atoms with Crippen molar-refractivity contribution in [2.75, 3.05) is 0 Å². The molecule has 0 spiro atoms. The highest BCUT2D eigenvalue weighted by molar-refractivity contribution is 5.87. The Morgan fingerprint density at radius 2 is 1.88 bits per heavy atom. The van der Waals surface area contributed by atoms with Crippen molar-refractivity contribution in [1.29, 1.82) is 0 Å². The third kappa shape index (κ3) is 3.35. The van der Waals surface area contributed by atoms with Crippen molar-refractivity contribution in [3.63, 3.8) is 0 Å². The molecule has 4 rings (SSSR count). The van der Waals surface area contributed by atoms with Gasteiger partial charge in [-0.25, -0.2) is 4.39 Å². The van der Waals surface area contributed by atoms with E-state index in [1.54, 1.807) is 12.1 Å². The lowest BCUT2D eigenvalue weighted by atomic mass is 9.98. The topological polar surface area (TPSA) is 54.3 Å². The predicted octanol–water partition coefficient (Wildman–Crippen LogP) is 3.95. The number of carboxylic acid groups (broad SMARTS) is 1. The van der Waals surface area contributed by atoms with Gasteiger partial charge in [0.15, 0.2) is 0 Å². The van der Waals surface area contributed by atoms with Crippen LogP contribution in [0.4, 0.5) is 4.39 Å². The van der Waals surface area contributed by atoms with E-state index in [9.17, 15) is 14.3 Å². The minimum atomic E-state index is -0.823. The van der Waals surface area contributed by atoms with Gasteiger partial charge in [0.25, 0.3) is 0 Å². The molecule has 4 nitrogen and oxygen atoms in total. The van der Waals surface area contributed by atoms with Gasteiger partial charge in [0.1, 0.15) is 11.9 Å². The Morgan fingerprint density at radius 3 is 2.58 bits per heavy atom. The van der Waals surface area contributed by atoms with Crippen LogP contribution in [0.1, 0.15) is 30.7 Å². The number of hydrogen-bond donors (Lipinski definition) is 2. The fourth-order valence-corrected chi connectivity index (χ4v) is 3.48. The zero-order valence-corrected chi connectivity index (χ0v) is 15.0. The molecule has 2 aromatic carbocycles. The fourth-order valence-electron chi connectivity index (χ4n) is 3.48. The van der Waals surface area contributed by atoms with Gasteiger partial charge in [-0.2, -0.15) is 0 Å². The molecule has 1 unspecified atom stereocenters. The Bertz CT molecular complexity index is 916. The second-order valence-electron chi connectivity index (χ2n) is 6.13. The number of hydrogen-bond acceptors (Lipinski definition) is 2. The molecular formula is C21H23FN2O2. The van der Waals surface area contributed by atoms with Crippen molar-refractivity contribution in [2.24, 2.45) is 0 Å². The van der Waals surface area contributed by atoms with Gasteiger partial charge < -0.3 is 9.67 Å². The average Bonchev–Trinajstić information content (AvgIpc) is 2.98. The summed E-state index contributed by atoms with van der Waals surface area (Å²) in [6.45, 7) is 5.15. The molecular weight excluding hydrogens is 331 g/mol. The van der Waals surface area contributed by atoms with Crippen LogP contribution in [-0.4, -0.2) is 21.7 Å². The third-order valence-corrected chi connectivity index (χ3v) is 4.67. The van der Waals surface area contributed by atoms with Crippen LogP contribution in [-0.2, 0) is 24.3 Å². The van der Waals surface area contributed by atoms with Crippen LogP contribution in [0.15, 0.2) is 48.5 Å². The van der Waals surface area contributed by atoms with Gasteiger partial charge in [-0.15, -0.1) is 0 Å². The first kappa shape index (κ1) is 18.1. The SMILES string of the molecule is CC.O=C(O)C1Cc2c(n(Cc3ccc(F)cc3)c3ccccc23)CN1. The number of nitrogens with one attached hydrogen (secondary N) is 1.